The fraction of sp³-hybridized carbons (Fsp3) is 0.520. The number of hydrogen-bond donors (Lipinski definition) is 6. The molecule has 11 nitrogen and oxygen atoms in total. The maximum atomic E-state index is 13.3. The lowest BCUT2D eigenvalue weighted by Crippen LogP contribution is -2.60. The minimum absolute atomic E-state index is 0.219. The first-order valence-corrected chi connectivity index (χ1v) is 12.1. The number of aliphatic hydroxyl groups excluding tert-OH is 1. The van der Waals surface area contributed by atoms with Gasteiger partial charge in [-0.15, -0.1) is 0 Å². The average Bonchev–Trinajstić information content (AvgIpc) is 3.47. The number of para-hydroxylation sites is 1. The molecule has 0 aliphatic carbocycles. The predicted molar refractivity (Wildman–Crippen MR) is 133 cm³/mol. The van der Waals surface area contributed by atoms with E-state index in [1.807, 2.05) is 24.3 Å². The van der Waals surface area contributed by atoms with Crippen molar-refractivity contribution >= 4 is 34.6 Å². The van der Waals surface area contributed by atoms with Gasteiger partial charge in [-0.2, -0.15) is 0 Å². The van der Waals surface area contributed by atoms with E-state index >= 15 is 0 Å². The van der Waals surface area contributed by atoms with Gasteiger partial charge in [0.05, 0.1) is 12.1 Å². The molecule has 0 bridgehead atoms. The van der Waals surface area contributed by atoms with Crippen LogP contribution in [0.15, 0.2) is 30.5 Å². The summed E-state index contributed by atoms with van der Waals surface area (Å²) in [5.41, 5.74) is 7.90. The Hall–Kier alpha value is -3.44. The van der Waals surface area contributed by atoms with Gasteiger partial charge in [-0.1, -0.05) is 32.0 Å². The molecule has 1 aliphatic heterocycles. The number of likely N-dealkylation sites (tertiary alicyclic amines) is 1. The second-order valence-corrected chi connectivity index (χ2v) is 9.66. The van der Waals surface area contributed by atoms with Crippen LogP contribution in [0.3, 0.4) is 0 Å². The number of nitrogens with one attached hydrogen (secondary N) is 3. The molecular formula is C25H35N5O6. The van der Waals surface area contributed by atoms with Gasteiger partial charge in [0.15, 0.2) is 0 Å². The fourth-order valence-corrected chi connectivity index (χ4v) is 4.52. The van der Waals surface area contributed by atoms with Gasteiger partial charge in [-0.25, -0.2) is 4.79 Å². The summed E-state index contributed by atoms with van der Waals surface area (Å²) in [7, 11) is 0. The number of hydrogen-bond acceptors (Lipinski definition) is 6. The van der Waals surface area contributed by atoms with Crippen molar-refractivity contribution in [2.24, 2.45) is 11.7 Å². The third-order valence-corrected chi connectivity index (χ3v) is 6.57. The average molecular weight is 502 g/mol. The maximum Gasteiger partial charge on any atom is 0.326 e. The molecule has 3 amide bonds. The van der Waals surface area contributed by atoms with Crippen LogP contribution in [-0.4, -0.2) is 80.6 Å². The van der Waals surface area contributed by atoms with E-state index in [1.165, 1.54) is 11.8 Å². The molecule has 5 unspecified atom stereocenters. The molecular weight excluding hydrogens is 466 g/mol. The Morgan fingerprint density at radius 3 is 2.47 bits per heavy atom. The standard InChI is InChI=1S/C25H35N5O6/c1-13(2)20(25(35)36)28-23(33)19-9-6-10-30(19)24(34)21(14(3)31)29-22(32)17(26)11-15-12-27-18-8-5-4-7-16(15)18/h4-5,7-8,12-14,17,19-21,27,31H,6,9-11,26H2,1-3H3,(H,28,33)(H,29,32)(H,35,36). The van der Waals surface area contributed by atoms with Crippen molar-refractivity contribution < 1.29 is 29.4 Å². The molecule has 0 saturated carbocycles. The number of H-pyrrole nitrogens is 1. The Kier molecular flexibility index (Phi) is 8.70. The summed E-state index contributed by atoms with van der Waals surface area (Å²) in [6.45, 7) is 4.97. The number of nitrogens with zero attached hydrogens (tertiary/aromatic N) is 1. The Morgan fingerprint density at radius 1 is 1.14 bits per heavy atom. The first-order valence-electron chi connectivity index (χ1n) is 12.1. The van der Waals surface area contributed by atoms with Gasteiger partial charge in [-0.3, -0.25) is 14.4 Å². The smallest absolute Gasteiger partial charge is 0.326 e. The Bertz CT molecular complexity index is 1110. The summed E-state index contributed by atoms with van der Waals surface area (Å²) in [5, 5.41) is 25.7. The van der Waals surface area contributed by atoms with Crippen LogP contribution in [0.1, 0.15) is 39.2 Å². The Morgan fingerprint density at radius 2 is 1.83 bits per heavy atom. The van der Waals surface area contributed by atoms with Crippen molar-refractivity contribution in [3.05, 3.63) is 36.0 Å². The van der Waals surface area contributed by atoms with Crippen LogP contribution in [0.25, 0.3) is 10.9 Å². The van der Waals surface area contributed by atoms with Crippen molar-refractivity contribution in [1.82, 2.24) is 20.5 Å². The maximum absolute atomic E-state index is 13.3. The SMILES string of the molecule is CC(C)C(NC(=O)C1CCCN1C(=O)C(NC(=O)C(N)Cc1c[nH]c2ccccc12)C(C)O)C(=O)O. The molecule has 2 heterocycles. The van der Waals surface area contributed by atoms with Crippen LogP contribution >= 0.6 is 0 Å². The number of aromatic nitrogens is 1. The number of carboxylic acid groups (broad SMARTS) is 1. The molecule has 0 radical (unpaired) electrons. The number of amides is 3. The van der Waals surface area contributed by atoms with Crippen molar-refractivity contribution in [2.75, 3.05) is 6.54 Å². The van der Waals surface area contributed by atoms with E-state index in [1.54, 1.807) is 20.0 Å². The number of benzene rings is 1. The molecule has 11 heteroatoms. The topological polar surface area (TPSA) is 178 Å². The van der Waals surface area contributed by atoms with E-state index in [-0.39, 0.29) is 18.9 Å². The summed E-state index contributed by atoms with van der Waals surface area (Å²) in [4.78, 5) is 54.9. The lowest BCUT2D eigenvalue weighted by atomic mass is 10.0. The van der Waals surface area contributed by atoms with Crippen LogP contribution < -0.4 is 16.4 Å². The van der Waals surface area contributed by atoms with E-state index in [2.05, 4.69) is 15.6 Å². The van der Waals surface area contributed by atoms with Gasteiger partial charge in [0.2, 0.25) is 17.7 Å². The molecule has 1 aromatic heterocycles. The normalized spacial score (nSPS) is 19.1. The van der Waals surface area contributed by atoms with E-state index in [0.29, 0.717) is 12.8 Å². The molecule has 1 fully saturated rings. The molecule has 0 spiro atoms. The molecule has 3 rings (SSSR count). The Balaban J connectivity index is 1.68. The van der Waals surface area contributed by atoms with Crippen molar-refractivity contribution in [3.8, 4) is 0 Å². The molecule has 7 N–H and O–H groups in total. The zero-order valence-electron chi connectivity index (χ0n) is 20.7. The number of carbonyl (C=O) groups is 4. The van der Waals surface area contributed by atoms with Crippen LogP contribution in [0.2, 0.25) is 0 Å². The van der Waals surface area contributed by atoms with Crippen LogP contribution in [0.4, 0.5) is 0 Å². The molecule has 5 atom stereocenters. The van der Waals surface area contributed by atoms with Crippen LogP contribution in [-0.2, 0) is 25.6 Å². The minimum atomic E-state index is -1.31. The summed E-state index contributed by atoms with van der Waals surface area (Å²) in [6.07, 6.45) is 1.64. The highest BCUT2D eigenvalue weighted by Gasteiger charge is 2.40. The molecule has 36 heavy (non-hydrogen) atoms. The monoisotopic (exact) mass is 501 g/mol. The number of aliphatic hydroxyl groups is 1. The highest BCUT2D eigenvalue weighted by Crippen LogP contribution is 2.21. The lowest BCUT2D eigenvalue weighted by Gasteiger charge is -2.31. The molecule has 1 aliphatic rings. The van der Waals surface area contributed by atoms with Crippen LogP contribution in [0, 0.1) is 5.92 Å². The number of rotatable bonds is 10. The highest BCUT2D eigenvalue weighted by atomic mass is 16.4. The first kappa shape index (κ1) is 27.2. The number of aliphatic carboxylic acids is 1. The molecule has 196 valence electrons. The predicted octanol–water partition coefficient (Wildman–Crippen LogP) is 0.120. The van der Waals surface area contributed by atoms with Gasteiger partial charge in [0, 0.05) is 23.6 Å². The van der Waals surface area contributed by atoms with Crippen molar-refractivity contribution in [2.45, 2.75) is 70.3 Å². The molecule has 2 aromatic rings. The molecule has 1 saturated heterocycles. The quantitative estimate of drug-likeness (QED) is 0.268. The van der Waals surface area contributed by atoms with Gasteiger partial charge in [0.1, 0.15) is 18.1 Å². The minimum Gasteiger partial charge on any atom is -0.480 e. The summed E-state index contributed by atoms with van der Waals surface area (Å²) >= 11 is 0. The third kappa shape index (κ3) is 6.03. The zero-order valence-corrected chi connectivity index (χ0v) is 20.7. The summed E-state index contributed by atoms with van der Waals surface area (Å²) in [6, 6.07) is 3.34. The largest absolute Gasteiger partial charge is 0.480 e. The van der Waals surface area contributed by atoms with Crippen LogP contribution in [0.5, 0.6) is 0 Å². The van der Waals surface area contributed by atoms with Crippen molar-refractivity contribution in [1.29, 1.82) is 0 Å². The number of aromatic amines is 1. The molecule has 1 aromatic carbocycles. The number of carbonyl (C=O) groups excluding carboxylic acids is 3. The van der Waals surface area contributed by atoms with Crippen molar-refractivity contribution in [3.63, 3.8) is 0 Å². The van der Waals surface area contributed by atoms with Gasteiger partial charge >= 0.3 is 5.97 Å². The fourth-order valence-electron chi connectivity index (χ4n) is 4.52. The lowest BCUT2D eigenvalue weighted by molar-refractivity contribution is -0.146. The number of fused-ring (bicyclic) bond motifs is 1. The second-order valence-electron chi connectivity index (χ2n) is 9.66. The summed E-state index contributed by atoms with van der Waals surface area (Å²) < 4.78 is 0. The number of nitrogens with two attached hydrogens (primary N) is 1. The third-order valence-electron chi connectivity index (χ3n) is 6.57. The van der Waals surface area contributed by atoms with E-state index < -0.39 is 54.0 Å². The zero-order chi connectivity index (χ0) is 26.6. The van der Waals surface area contributed by atoms with E-state index in [9.17, 15) is 29.4 Å². The van der Waals surface area contributed by atoms with E-state index in [0.717, 1.165) is 16.5 Å². The first-order chi connectivity index (χ1) is 17.0. The summed E-state index contributed by atoms with van der Waals surface area (Å²) in [5.74, 6) is -3.31. The Labute approximate surface area is 209 Å². The van der Waals surface area contributed by atoms with Gasteiger partial charge < -0.3 is 36.5 Å². The second kappa shape index (κ2) is 11.5. The number of carboxylic acids is 1. The van der Waals surface area contributed by atoms with Gasteiger partial charge in [0.25, 0.3) is 0 Å². The van der Waals surface area contributed by atoms with E-state index in [4.69, 9.17) is 5.73 Å². The van der Waals surface area contributed by atoms with Gasteiger partial charge in [-0.05, 0) is 43.7 Å². The highest BCUT2D eigenvalue weighted by molar-refractivity contribution is 5.95.